The summed E-state index contributed by atoms with van der Waals surface area (Å²) in [5.41, 5.74) is 6.63. The molecular formula is C9H10ClNOS. The quantitative estimate of drug-likeness (QED) is 0.352. The van der Waals surface area contributed by atoms with Crippen LogP contribution in [-0.2, 0) is 0 Å². The Morgan fingerprint density at radius 1 is 1.54 bits per heavy atom. The van der Waals surface area contributed by atoms with Crippen molar-refractivity contribution in [2.24, 2.45) is 0 Å². The summed E-state index contributed by atoms with van der Waals surface area (Å²) < 4.78 is 0. The van der Waals surface area contributed by atoms with Crippen LogP contribution in [-0.4, -0.2) is 11.7 Å². The molecule has 0 aliphatic heterocycles. The summed E-state index contributed by atoms with van der Waals surface area (Å²) in [5.74, 6) is 0.293. The van der Waals surface area contributed by atoms with E-state index < -0.39 is 0 Å². The lowest BCUT2D eigenvalue weighted by Gasteiger charge is -2.03. The number of carbonyl (C=O) groups is 1. The Balaban J connectivity index is 2.95. The van der Waals surface area contributed by atoms with E-state index in [0.717, 1.165) is 4.90 Å². The molecule has 0 heterocycles. The zero-order valence-corrected chi connectivity index (χ0v) is 8.61. The van der Waals surface area contributed by atoms with Crippen molar-refractivity contribution < 1.29 is 4.79 Å². The number of nitrogens with two attached hydrogens (primary N) is 1. The minimum Gasteiger partial charge on any atom is -0.398 e. The van der Waals surface area contributed by atoms with Gasteiger partial charge in [0.15, 0.2) is 5.78 Å². The number of benzene rings is 1. The maximum atomic E-state index is 11.4. The first-order valence-corrected chi connectivity index (χ1v) is 4.81. The third-order valence-electron chi connectivity index (χ3n) is 1.66. The van der Waals surface area contributed by atoms with Crippen molar-refractivity contribution in [1.82, 2.24) is 0 Å². The second-order valence-electron chi connectivity index (χ2n) is 2.63. The number of hydrogen-bond donors (Lipinski definition) is 2. The third-order valence-corrected chi connectivity index (χ3v) is 2.12. The summed E-state index contributed by atoms with van der Waals surface area (Å²) >= 11 is 9.56. The second kappa shape index (κ2) is 4.53. The van der Waals surface area contributed by atoms with Crippen LogP contribution in [0.4, 0.5) is 5.69 Å². The van der Waals surface area contributed by atoms with Gasteiger partial charge in [0.05, 0.1) is 0 Å². The van der Waals surface area contributed by atoms with Crippen molar-refractivity contribution in [3.63, 3.8) is 0 Å². The van der Waals surface area contributed by atoms with Gasteiger partial charge in [-0.25, -0.2) is 0 Å². The van der Waals surface area contributed by atoms with Gasteiger partial charge in [-0.2, -0.15) is 0 Å². The molecule has 2 nitrogen and oxygen atoms in total. The van der Waals surface area contributed by atoms with Gasteiger partial charge in [-0.1, -0.05) is 0 Å². The molecule has 0 saturated heterocycles. The Labute approximate surface area is 87.5 Å². The van der Waals surface area contributed by atoms with Gasteiger partial charge in [0, 0.05) is 28.4 Å². The van der Waals surface area contributed by atoms with Gasteiger partial charge in [-0.3, -0.25) is 4.79 Å². The number of carbonyl (C=O) groups excluding carboxylic acids is 1. The number of alkyl halides is 1. The van der Waals surface area contributed by atoms with Gasteiger partial charge < -0.3 is 5.73 Å². The Morgan fingerprint density at radius 3 is 2.77 bits per heavy atom. The van der Waals surface area contributed by atoms with E-state index in [2.05, 4.69) is 12.6 Å². The van der Waals surface area contributed by atoms with Crippen molar-refractivity contribution in [2.45, 2.75) is 11.3 Å². The maximum absolute atomic E-state index is 11.4. The number of halogens is 1. The lowest BCUT2D eigenvalue weighted by Crippen LogP contribution is -2.04. The third kappa shape index (κ3) is 2.64. The molecule has 0 spiro atoms. The van der Waals surface area contributed by atoms with Crippen LogP contribution >= 0.6 is 24.2 Å². The first-order chi connectivity index (χ1) is 6.15. The standard InChI is InChI=1S/C9H10ClNOS/c10-4-3-9(12)7-2-1-6(13)5-8(7)11/h1-2,5,13H,3-4,11H2. The monoisotopic (exact) mass is 215 g/mol. The minimum atomic E-state index is -0.0270. The second-order valence-corrected chi connectivity index (χ2v) is 3.53. The fourth-order valence-corrected chi connectivity index (χ4v) is 1.41. The normalized spacial score (nSPS) is 10.0. The molecule has 0 fully saturated rings. The summed E-state index contributed by atoms with van der Waals surface area (Å²) in [5, 5.41) is 0. The topological polar surface area (TPSA) is 43.1 Å². The molecular weight excluding hydrogens is 206 g/mol. The van der Waals surface area contributed by atoms with Crippen LogP contribution in [0.1, 0.15) is 16.8 Å². The van der Waals surface area contributed by atoms with E-state index in [0.29, 0.717) is 23.6 Å². The van der Waals surface area contributed by atoms with Gasteiger partial charge in [0.25, 0.3) is 0 Å². The lowest BCUT2D eigenvalue weighted by molar-refractivity contribution is 0.0990. The fourth-order valence-electron chi connectivity index (χ4n) is 1.02. The molecule has 0 unspecified atom stereocenters. The average molecular weight is 216 g/mol. The van der Waals surface area contributed by atoms with Gasteiger partial charge in [-0.15, -0.1) is 24.2 Å². The molecule has 0 radical (unpaired) electrons. The molecule has 0 amide bonds. The summed E-state index contributed by atoms with van der Waals surface area (Å²) in [6, 6.07) is 5.07. The molecule has 1 aromatic rings. The maximum Gasteiger partial charge on any atom is 0.166 e. The van der Waals surface area contributed by atoms with E-state index >= 15 is 0 Å². The summed E-state index contributed by atoms with van der Waals surface area (Å²) in [4.78, 5) is 12.1. The molecule has 2 N–H and O–H groups in total. The largest absolute Gasteiger partial charge is 0.398 e. The van der Waals surface area contributed by atoms with Crippen LogP contribution in [0.2, 0.25) is 0 Å². The minimum absolute atomic E-state index is 0.0270. The Hall–Kier alpha value is -0.670. The van der Waals surface area contributed by atoms with E-state index in [9.17, 15) is 4.79 Å². The zero-order valence-electron chi connectivity index (χ0n) is 6.96. The highest BCUT2D eigenvalue weighted by molar-refractivity contribution is 7.80. The highest BCUT2D eigenvalue weighted by atomic mass is 35.5. The number of rotatable bonds is 3. The molecule has 1 rings (SSSR count). The Morgan fingerprint density at radius 2 is 2.23 bits per heavy atom. The van der Waals surface area contributed by atoms with Crippen LogP contribution in [0, 0.1) is 0 Å². The molecule has 1 aromatic carbocycles. The van der Waals surface area contributed by atoms with Crippen molar-refractivity contribution in [1.29, 1.82) is 0 Å². The highest BCUT2D eigenvalue weighted by Crippen LogP contribution is 2.18. The van der Waals surface area contributed by atoms with Gasteiger partial charge >= 0.3 is 0 Å². The van der Waals surface area contributed by atoms with E-state index in [-0.39, 0.29) is 5.78 Å². The number of hydrogen-bond acceptors (Lipinski definition) is 3. The van der Waals surface area contributed by atoms with Crippen molar-refractivity contribution in [2.75, 3.05) is 11.6 Å². The summed E-state index contributed by atoms with van der Waals surface area (Å²) in [6.45, 7) is 0. The van der Waals surface area contributed by atoms with Crippen LogP contribution in [0.15, 0.2) is 23.1 Å². The molecule has 4 heteroatoms. The van der Waals surface area contributed by atoms with E-state index in [4.69, 9.17) is 17.3 Å². The summed E-state index contributed by atoms with van der Waals surface area (Å²) in [7, 11) is 0. The molecule has 0 aliphatic rings. The zero-order chi connectivity index (χ0) is 9.84. The van der Waals surface area contributed by atoms with E-state index in [1.807, 2.05) is 0 Å². The Bertz CT molecular complexity index is 327. The van der Waals surface area contributed by atoms with Crippen LogP contribution in [0.25, 0.3) is 0 Å². The van der Waals surface area contributed by atoms with Crippen molar-refractivity contribution in [3.05, 3.63) is 23.8 Å². The number of Topliss-reactive ketones (excluding diaryl/α,β-unsaturated/α-hetero) is 1. The van der Waals surface area contributed by atoms with Gasteiger partial charge in [0.1, 0.15) is 0 Å². The molecule has 13 heavy (non-hydrogen) atoms. The predicted molar refractivity (Wildman–Crippen MR) is 57.8 cm³/mol. The van der Waals surface area contributed by atoms with Crippen LogP contribution < -0.4 is 5.73 Å². The first-order valence-electron chi connectivity index (χ1n) is 3.83. The highest BCUT2D eigenvalue weighted by Gasteiger charge is 2.08. The number of nitrogen functional groups attached to an aromatic ring is 1. The Kier molecular flexibility index (Phi) is 3.63. The predicted octanol–water partition coefficient (Wildman–Crippen LogP) is 2.37. The first kappa shape index (κ1) is 10.4. The molecule has 0 atom stereocenters. The lowest BCUT2D eigenvalue weighted by atomic mass is 10.1. The smallest absolute Gasteiger partial charge is 0.166 e. The van der Waals surface area contributed by atoms with Crippen LogP contribution in [0.3, 0.4) is 0 Å². The molecule has 0 saturated carbocycles. The summed E-state index contributed by atoms with van der Waals surface area (Å²) in [6.07, 6.45) is 0.317. The van der Waals surface area contributed by atoms with Gasteiger partial charge in [-0.05, 0) is 18.2 Å². The molecule has 0 aliphatic carbocycles. The van der Waals surface area contributed by atoms with Crippen molar-refractivity contribution >= 4 is 35.7 Å². The number of ketones is 1. The van der Waals surface area contributed by atoms with Gasteiger partial charge in [0.2, 0.25) is 0 Å². The van der Waals surface area contributed by atoms with Crippen molar-refractivity contribution in [3.8, 4) is 0 Å². The molecule has 0 bridgehead atoms. The van der Waals surface area contributed by atoms with E-state index in [1.54, 1.807) is 18.2 Å². The molecule has 70 valence electrons. The molecule has 0 aromatic heterocycles. The van der Waals surface area contributed by atoms with E-state index in [1.165, 1.54) is 0 Å². The SMILES string of the molecule is Nc1cc(S)ccc1C(=O)CCCl. The number of thiol groups is 1. The fraction of sp³-hybridized carbons (Fsp3) is 0.222. The van der Waals surface area contributed by atoms with Crippen LogP contribution in [0.5, 0.6) is 0 Å². The number of anilines is 1. The average Bonchev–Trinajstić information content (AvgIpc) is 2.04.